The Kier molecular flexibility index (Phi) is 3.93. The Bertz CT molecular complexity index is 666. The molecular formula is C15H19NO2S2. The molecule has 5 heteroatoms. The van der Waals surface area contributed by atoms with Crippen molar-refractivity contribution in [1.29, 1.82) is 0 Å². The molecule has 0 fully saturated rings. The highest BCUT2D eigenvalue weighted by Crippen LogP contribution is 2.28. The molecule has 0 bridgehead atoms. The molecule has 108 valence electrons. The lowest BCUT2D eigenvalue weighted by Gasteiger charge is -2.22. The van der Waals surface area contributed by atoms with Gasteiger partial charge in [-0.2, -0.15) is 0 Å². The second kappa shape index (κ2) is 5.22. The minimum Gasteiger partial charge on any atom is -0.269 e. The van der Waals surface area contributed by atoms with Crippen LogP contribution < -0.4 is 4.31 Å². The molecule has 1 aromatic heterocycles. The summed E-state index contributed by atoms with van der Waals surface area (Å²) in [4.78, 5) is 0. The molecule has 2 rings (SSSR count). The summed E-state index contributed by atoms with van der Waals surface area (Å²) in [7, 11) is -1.86. The number of anilines is 1. The van der Waals surface area contributed by atoms with Gasteiger partial charge in [0.25, 0.3) is 10.0 Å². The fourth-order valence-electron chi connectivity index (χ4n) is 1.86. The number of nitrogens with zero attached hydrogens (tertiary/aromatic N) is 1. The van der Waals surface area contributed by atoms with Crippen LogP contribution in [0.1, 0.15) is 26.3 Å². The molecular weight excluding hydrogens is 290 g/mol. The van der Waals surface area contributed by atoms with Gasteiger partial charge in [-0.25, -0.2) is 8.42 Å². The second-order valence-corrected chi connectivity index (χ2v) is 8.85. The van der Waals surface area contributed by atoms with E-state index in [4.69, 9.17) is 0 Å². The van der Waals surface area contributed by atoms with Crippen LogP contribution in [-0.4, -0.2) is 15.5 Å². The van der Waals surface area contributed by atoms with Crippen molar-refractivity contribution in [3.63, 3.8) is 0 Å². The number of rotatable bonds is 3. The zero-order valence-electron chi connectivity index (χ0n) is 12.1. The maximum Gasteiger partial charge on any atom is 0.273 e. The molecule has 20 heavy (non-hydrogen) atoms. The molecule has 0 aliphatic carbocycles. The zero-order chi connectivity index (χ0) is 15.0. The molecule has 0 saturated heterocycles. The quantitative estimate of drug-likeness (QED) is 0.863. The van der Waals surface area contributed by atoms with Crippen LogP contribution in [0, 0.1) is 0 Å². The fourth-order valence-corrected chi connectivity index (χ4v) is 4.21. The molecule has 1 aromatic carbocycles. The van der Waals surface area contributed by atoms with Crippen molar-refractivity contribution in [3.8, 4) is 0 Å². The van der Waals surface area contributed by atoms with E-state index < -0.39 is 10.0 Å². The maximum absolute atomic E-state index is 12.4. The van der Waals surface area contributed by atoms with Gasteiger partial charge in [0, 0.05) is 7.05 Å². The van der Waals surface area contributed by atoms with Gasteiger partial charge in [0.2, 0.25) is 0 Å². The summed E-state index contributed by atoms with van der Waals surface area (Å²) in [5.41, 5.74) is 1.92. The summed E-state index contributed by atoms with van der Waals surface area (Å²) >= 11 is 1.23. The monoisotopic (exact) mass is 309 g/mol. The van der Waals surface area contributed by atoms with Crippen molar-refractivity contribution in [2.75, 3.05) is 11.4 Å². The SMILES string of the molecule is CN(c1ccc(C(C)(C)C)cc1)S(=O)(=O)c1cccs1. The lowest BCUT2D eigenvalue weighted by molar-refractivity contribution is 0.590. The first-order valence-electron chi connectivity index (χ1n) is 6.36. The molecule has 0 amide bonds. The Morgan fingerprint density at radius 2 is 1.65 bits per heavy atom. The molecule has 2 aromatic rings. The normalized spacial score (nSPS) is 12.4. The molecule has 3 nitrogen and oxygen atoms in total. The molecule has 1 heterocycles. The van der Waals surface area contributed by atoms with Crippen molar-refractivity contribution in [2.45, 2.75) is 30.4 Å². The van der Waals surface area contributed by atoms with Gasteiger partial charge in [-0.15, -0.1) is 11.3 Å². The van der Waals surface area contributed by atoms with Crippen LogP contribution in [0.5, 0.6) is 0 Å². The number of hydrogen-bond acceptors (Lipinski definition) is 3. The van der Waals surface area contributed by atoms with Crippen LogP contribution in [0.3, 0.4) is 0 Å². The molecule has 0 radical (unpaired) electrons. The predicted molar refractivity (Wildman–Crippen MR) is 85.0 cm³/mol. The summed E-state index contributed by atoms with van der Waals surface area (Å²) in [5, 5.41) is 1.77. The third-order valence-corrected chi connectivity index (χ3v) is 6.37. The van der Waals surface area contributed by atoms with Crippen molar-refractivity contribution in [3.05, 3.63) is 47.3 Å². The summed E-state index contributed by atoms with van der Waals surface area (Å²) in [6.45, 7) is 6.40. The number of hydrogen-bond donors (Lipinski definition) is 0. The van der Waals surface area contributed by atoms with Gasteiger partial charge < -0.3 is 0 Å². The lowest BCUT2D eigenvalue weighted by Crippen LogP contribution is -2.25. The van der Waals surface area contributed by atoms with E-state index in [0.29, 0.717) is 9.90 Å². The first-order valence-corrected chi connectivity index (χ1v) is 8.68. The zero-order valence-corrected chi connectivity index (χ0v) is 13.8. The largest absolute Gasteiger partial charge is 0.273 e. The van der Waals surface area contributed by atoms with E-state index in [1.54, 1.807) is 24.6 Å². The van der Waals surface area contributed by atoms with Crippen LogP contribution in [0.2, 0.25) is 0 Å². The van der Waals surface area contributed by atoms with Crippen LogP contribution in [-0.2, 0) is 15.4 Å². The van der Waals surface area contributed by atoms with Gasteiger partial charge in [-0.3, -0.25) is 4.31 Å². The summed E-state index contributed by atoms with van der Waals surface area (Å²) in [5.74, 6) is 0. The molecule has 0 aliphatic rings. The fraction of sp³-hybridized carbons (Fsp3) is 0.333. The molecule has 0 atom stereocenters. The number of sulfonamides is 1. The van der Waals surface area contributed by atoms with Crippen LogP contribution in [0.4, 0.5) is 5.69 Å². The third-order valence-electron chi connectivity index (χ3n) is 3.21. The first-order chi connectivity index (χ1) is 9.23. The molecule has 0 aliphatic heterocycles. The van der Waals surface area contributed by atoms with Gasteiger partial charge in [0.15, 0.2) is 0 Å². The molecule has 0 saturated carbocycles. The summed E-state index contributed by atoms with van der Waals surface area (Å²) in [6, 6.07) is 11.0. The highest BCUT2D eigenvalue weighted by Gasteiger charge is 2.22. The maximum atomic E-state index is 12.4. The molecule has 0 spiro atoms. The summed E-state index contributed by atoms with van der Waals surface area (Å²) in [6.07, 6.45) is 0. The standard InChI is InChI=1S/C15H19NO2S2/c1-15(2,3)12-7-9-13(10-8-12)16(4)20(17,18)14-6-5-11-19-14/h5-11H,1-4H3. The molecule has 0 N–H and O–H groups in total. The van der Waals surface area contributed by atoms with Gasteiger partial charge in [-0.05, 0) is 34.6 Å². The van der Waals surface area contributed by atoms with Crippen molar-refractivity contribution in [2.24, 2.45) is 0 Å². The number of thiophene rings is 1. The van der Waals surface area contributed by atoms with Crippen LogP contribution >= 0.6 is 11.3 Å². The smallest absolute Gasteiger partial charge is 0.269 e. The van der Waals surface area contributed by atoms with Crippen molar-refractivity contribution < 1.29 is 8.42 Å². The van der Waals surface area contributed by atoms with Gasteiger partial charge in [-0.1, -0.05) is 39.0 Å². The van der Waals surface area contributed by atoms with Crippen molar-refractivity contribution >= 4 is 27.0 Å². The molecule has 0 unspecified atom stereocenters. The van der Waals surface area contributed by atoms with Crippen LogP contribution in [0.25, 0.3) is 0 Å². The highest BCUT2D eigenvalue weighted by atomic mass is 32.2. The van der Waals surface area contributed by atoms with Gasteiger partial charge >= 0.3 is 0 Å². The predicted octanol–water partition coefficient (Wildman–Crippen LogP) is 3.87. The lowest BCUT2D eigenvalue weighted by atomic mass is 9.87. The van der Waals surface area contributed by atoms with E-state index in [1.165, 1.54) is 21.2 Å². The number of benzene rings is 1. The topological polar surface area (TPSA) is 37.4 Å². The summed E-state index contributed by atoms with van der Waals surface area (Å²) < 4.78 is 26.5. The van der Waals surface area contributed by atoms with E-state index in [0.717, 1.165) is 0 Å². The Morgan fingerprint density at radius 3 is 2.10 bits per heavy atom. The minimum atomic E-state index is -3.45. The average molecular weight is 309 g/mol. The van der Waals surface area contributed by atoms with E-state index in [2.05, 4.69) is 20.8 Å². The van der Waals surface area contributed by atoms with E-state index in [-0.39, 0.29) is 5.41 Å². The second-order valence-electron chi connectivity index (χ2n) is 5.70. The Balaban J connectivity index is 2.33. The van der Waals surface area contributed by atoms with Crippen LogP contribution in [0.15, 0.2) is 46.0 Å². The Labute approximate surface area is 124 Å². The Hall–Kier alpha value is -1.33. The minimum absolute atomic E-state index is 0.0593. The first kappa shape index (κ1) is 15.1. The van der Waals surface area contributed by atoms with Gasteiger partial charge in [0.1, 0.15) is 4.21 Å². The Morgan fingerprint density at radius 1 is 1.05 bits per heavy atom. The van der Waals surface area contributed by atoms with E-state index >= 15 is 0 Å². The average Bonchev–Trinajstić information content (AvgIpc) is 2.91. The van der Waals surface area contributed by atoms with E-state index in [1.807, 2.05) is 24.3 Å². The van der Waals surface area contributed by atoms with Gasteiger partial charge in [0.05, 0.1) is 5.69 Å². The highest BCUT2D eigenvalue weighted by molar-refractivity contribution is 7.94. The van der Waals surface area contributed by atoms with Crippen molar-refractivity contribution in [1.82, 2.24) is 0 Å². The third kappa shape index (κ3) is 2.88. The van der Waals surface area contributed by atoms with E-state index in [9.17, 15) is 8.42 Å².